The number of aromatic nitrogens is 2. The lowest BCUT2D eigenvalue weighted by Crippen LogP contribution is -2.30. The number of rotatable bonds is 10. The largest absolute Gasteiger partial charge is 0.508 e. The summed E-state index contributed by atoms with van der Waals surface area (Å²) in [5.74, 6) is 0.935. The highest BCUT2D eigenvalue weighted by Crippen LogP contribution is 2.42. The van der Waals surface area contributed by atoms with Crippen LogP contribution in [0, 0.1) is 11.8 Å². The SMILES string of the molecule is O=C1NC(c2c(CNC[C@H]3CC[C@H](CNCc4[nH]c5ccccc5c4C4OC(=O)c5ccc(O)cc54)CC3)[nH]c3ccccc23)c2cc(O)ccc21. The van der Waals surface area contributed by atoms with Crippen molar-refractivity contribution in [2.24, 2.45) is 11.8 Å². The zero-order valence-corrected chi connectivity index (χ0v) is 28.7. The van der Waals surface area contributed by atoms with Crippen molar-refractivity contribution in [3.8, 4) is 11.5 Å². The topological polar surface area (TPSA) is 152 Å². The van der Waals surface area contributed by atoms with E-state index in [1.165, 1.54) is 6.07 Å². The number of fused-ring (bicyclic) bond motifs is 4. The summed E-state index contributed by atoms with van der Waals surface area (Å²) < 4.78 is 5.89. The summed E-state index contributed by atoms with van der Waals surface area (Å²) in [6.45, 7) is 3.09. The van der Waals surface area contributed by atoms with Crippen molar-refractivity contribution >= 4 is 33.7 Å². The minimum atomic E-state index is -0.577. The van der Waals surface area contributed by atoms with Crippen molar-refractivity contribution in [3.05, 3.63) is 130 Å². The molecule has 0 spiro atoms. The molecule has 1 saturated carbocycles. The van der Waals surface area contributed by atoms with Crippen molar-refractivity contribution in [2.75, 3.05) is 13.1 Å². The van der Waals surface area contributed by atoms with Crippen molar-refractivity contribution in [1.82, 2.24) is 25.9 Å². The first kappa shape index (κ1) is 32.3. The number of phenols is 2. The summed E-state index contributed by atoms with van der Waals surface area (Å²) in [4.78, 5) is 32.7. The number of ether oxygens (including phenoxy) is 1. The van der Waals surface area contributed by atoms with Crippen molar-refractivity contribution in [2.45, 2.75) is 50.9 Å². The van der Waals surface area contributed by atoms with Gasteiger partial charge in [0.2, 0.25) is 0 Å². The third-order valence-electron chi connectivity index (χ3n) is 11.3. The molecular weight excluding hydrogens is 654 g/mol. The van der Waals surface area contributed by atoms with E-state index < -0.39 is 6.10 Å². The van der Waals surface area contributed by atoms with Crippen LogP contribution in [0.1, 0.15) is 92.2 Å². The van der Waals surface area contributed by atoms with Gasteiger partial charge in [0.25, 0.3) is 5.91 Å². The van der Waals surface area contributed by atoms with Gasteiger partial charge in [-0.1, -0.05) is 36.4 Å². The molecule has 2 aliphatic heterocycles. The molecule has 264 valence electrons. The molecule has 4 heterocycles. The van der Waals surface area contributed by atoms with E-state index in [1.54, 1.807) is 30.3 Å². The number of hydrogen-bond acceptors (Lipinski definition) is 7. The molecule has 2 aromatic heterocycles. The predicted molar refractivity (Wildman–Crippen MR) is 198 cm³/mol. The fourth-order valence-corrected chi connectivity index (χ4v) is 8.70. The molecule has 10 heteroatoms. The molecule has 10 nitrogen and oxygen atoms in total. The Morgan fingerprint density at radius 3 is 1.83 bits per heavy atom. The number of para-hydroxylation sites is 2. The van der Waals surface area contributed by atoms with E-state index in [0.29, 0.717) is 41.6 Å². The third kappa shape index (κ3) is 5.78. The molecule has 9 rings (SSSR count). The molecular formula is C42H41N5O5. The average Bonchev–Trinajstić information content (AvgIpc) is 3.88. The third-order valence-corrected chi connectivity index (χ3v) is 11.3. The molecule has 2 atom stereocenters. The second-order valence-electron chi connectivity index (χ2n) is 14.5. The summed E-state index contributed by atoms with van der Waals surface area (Å²) in [6.07, 6.45) is 4.03. The highest BCUT2D eigenvalue weighted by Gasteiger charge is 2.36. The van der Waals surface area contributed by atoms with Crippen LogP contribution in [-0.4, -0.2) is 45.1 Å². The van der Waals surface area contributed by atoms with E-state index in [1.807, 2.05) is 36.4 Å². The molecule has 7 N–H and O–H groups in total. The molecule has 52 heavy (non-hydrogen) atoms. The number of benzene rings is 4. The normalized spacial score (nSPS) is 21.0. The number of amides is 1. The van der Waals surface area contributed by atoms with Gasteiger partial charge in [-0.15, -0.1) is 0 Å². The van der Waals surface area contributed by atoms with Gasteiger partial charge in [-0.25, -0.2) is 4.79 Å². The van der Waals surface area contributed by atoms with E-state index in [-0.39, 0.29) is 29.4 Å². The van der Waals surface area contributed by atoms with Gasteiger partial charge in [0, 0.05) is 68.5 Å². The number of aromatic hydroxyl groups is 2. The standard InChI is InChI=1S/C42H41N5O5/c48-25-13-15-27-31(17-25)39(47-41(27)50)37-29-5-1-3-7-33(29)45-35(37)21-43-19-23-9-11-24(12-10-23)20-44-22-36-38(30-6-2-4-8-34(30)46-36)40-32-18-26(49)14-16-28(32)42(51)52-40/h1-8,13-18,23-24,39-40,43-46,48-49H,9-12,19-22H2,(H,47,50)/t23-,24-,39?,40?. The first-order chi connectivity index (χ1) is 25.4. The lowest BCUT2D eigenvalue weighted by molar-refractivity contribution is 0.0456. The minimum Gasteiger partial charge on any atom is -0.508 e. The summed E-state index contributed by atoms with van der Waals surface area (Å²) in [5.41, 5.74) is 8.62. The van der Waals surface area contributed by atoms with Crippen LogP contribution in [-0.2, 0) is 17.8 Å². The molecule has 2 unspecified atom stereocenters. The molecule has 1 aliphatic carbocycles. The molecule has 0 radical (unpaired) electrons. The van der Waals surface area contributed by atoms with Crippen molar-refractivity contribution in [3.63, 3.8) is 0 Å². The molecule has 0 saturated heterocycles. The Hall–Kier alpha value is -5.58. The van der Waals surface area contributed by atoms with Crippen LogP contribution in [0.2, 0.25) is 0 Å². The summed E-state index contributed by atoms with van der Waals surface area (Å²) >= 11 is 0. The number of aromatic amines is 2. The first-order valence-corrected chi connectivity index (χ1v) is 18.2. The lowest BCUT2D eigenvalue weighted by Gasteiger charge is -2.29. The molecule has 3 aliphatic rings. The van der Waals surface area contributed by atoms with E-state index >= 15 is 0 Å². The summed E-state index contributed by atoms with van der Waals surface area (Å²) in [5, 5.41) is 33.1. The molecule has 6 aromatic rings. The lowest BCUT2D eigenvalue weighted by atomic mass is 9.82. The molecule has 0 bridgehead atoms. The minimum absolute atomic E-state index is 0.113. The number of cyclic esters (lactones) is 1. The molecule has 1 fully saturated rings. The Morgan fingerprint density at radius 2 is 1.19 bits per heavy atom. The maximum Gasteiger partial charge on any atom is 0.339 e. The average molecular weight is 696 g/mol. The Balaban J connectivity index is 0.819. The fraction of sp³-hybridized carbons (Fsp3) is 0.286. The number of hydrogen-bond donors (Lipinski definition) is 7. The number of nitrogens with one attached hydrogen (secondary N) is 5. The van der Waals surface area contributed by atoms with Crippen LogP contribution in [0.15, 0.2) is 84.9 Å². The molecule has 1 amide bonds. The Bertz CT molecular complexity index is 2170. The zero-order valence-electron chi connectivity index (χ0n) is 28.7. The maximum atomic E-state index is 12.8. The van der Waals surface area contributed by atoms with Gasteiger partial charge in [0.15, 0.2) is 6.10 Å². The van der Waals surface area contributed by atoms with Gasteiger partial charge in [0.05, 0.1) is 11.6 Å². The van der Waals surface area contributed by atoms with Crippen LogP contribution in [0.5, 0.6) is 11.5 Å². The van der Waals surface area contributed by atoms with E-state index in [4.69, 9.17) is 4.74 Å². The second kappa shape index (κ2) is 13.2. The fourth-order valence-electron chi connectivity index (χ4n) is 8.70. The first-order valence-electron chi connectivity index (χ1n) is 18.2. The van der Waals surface area contributed by atoms with Crippen LogP contribution in [0.3, 0.4) is 0 Å². The van der Waals surface area contributed by atoms with Crippen LogP contribution < -0.4 is 16.0 Å². The second-order valence-corrected chi connectivity index (χ2v) is 14.5. The van der Waals surface area contributed by atoms with Gasteiger partial charge in [-0.2, -0.15) is 0 Å². The number of H-pyrrole nitrogens is 2. The number of phenolic OH excluding ortho intramolecular Hbond substituents is 2. The van der Waals surface area contributed by atoms with E-state index in [0.717, 1.165) is 88.7 Å². The maximum absolute atomic E-state index is 12.8. The van der Waals surface area contributed by atoms with E-state index in [9.17, 15) is 19.8 Å². The van der Waals surface area contributed by atoms with Gasteiger partial charge < -0.3 is 40.9 Å². The Morgan fingerprint density at radius 1 is 0.654 bits per heavy atom. The van der Waals surface area contributed by atoms with Gasteiger partial charge >= 0.3 is 5.97 Å². The van der Waals surface area contributed by atoms with Crippen LogP contribution in [0.25, 0.3) is 21.8 Å². The predicted octanol–water partition coefficient (Wildman–Crippen LogP) is 6.84. The highest BCUT2D eigenvalue weighted by molar-refractivity contribution is 6.01. The molecule has 4 aromatic carbocycles. The van der Waals surface area contributed by atoms with Gasteiger partial charge in [0.1, 0.15) is 11.5 Å². The number of esters is 1. The number of carbonyl (C=O) groups excluding carboxylic acids is 2. The van der Waals surface area contributed by atoms with Gasteiger partial charge in [-0.05, 0) is 105 Å². The zero-order chi connectivity index (χ0) is 35.3. The van der Waals surface area contributed by atoms with Crippen LogP contribution in [0.4, 0.5) is 0 Å². The smallest absolute Gasteiger partial charge is 0.339 e. The monoisotopic (exact) mass is 695 g/mol. The van der Waals surface area contributed by atoms with Gasteiger partial charge in [-0.3, -0.25) is 4.79 Å². The Labute approximate surface area is 300 Å². The highest BCUT2D eigenvalue weighted by atomic mass is 16.5. The quantitative estimate of drug-likeness (QED) is 0.0776. The summed E-state index contributed by atoms with van der Waals surface area (Å²) in [6, 6.07) is 25.6. The van der Waals surface area contributed by atoms with Crippen LogP contribution >= 0.6 is 0 Å². The Kier molecular flexibility index (Phi) is 8.20. The number of carbonyl (C=O) groups is 2. The van der Waals surface area contributed by atoms with Crippen molar-refractivity contribution < 1.29 is 24.5 Å². The summed E-state index contributed by atoms with van der Waals surface area (Å²) in [7, 11) is 0. The van der Waals surface area contributed by atoms with E-state index in [2.05, 4.69) is 38.1 Å². The van der Waals surface area contributed by atoms with Crippen molar-refractivity contribution in [1.29, 1.82) is 0 Å².